The Morgan fingerprint density at radius 3 is 2.26 bits per heavy atom. The van der Waals surface area contributed by atoms with E-state index in [0.717, 1.165) is 11.6 Å². The number of carbonyl (C=O) groups excluding carboxylic acids is 1. The van der Waals surface area contributed by atoms with Gasteiger partial charge in [-0.05, 0) is 38.5 Å². The fourth-order valence-corrected chi connectivity index (χ4v) is 2.90. The molecule has 0 aromatic heterocycles. The Kier molecular flexibility index (Phi) is 8.34. The van der Waals surface area contributed by atoms with Gasteiger partial charge >= 0.3 is 13.8 Å². The molecule has 0 amide bonds. The van der Waals surface area contributed by atoms with Gasteiger partial charge in [0.1, 0.15) is 12.4 Å². The first-order valence-corrected chi connectivity index (χ1v) is 8.90. The number of phosphoric ester groups is 1. The van der Waals surface area contributed by atoms with Crippen LogP contribution in [0.3, 0.4) is 0 Å². The van der Waals surface area contributed by atoms with Crippen molar-refractivity contribution in [1.82, 2.24) is 0 Å². The normalized spacial score (nSPS) is 12.1. The van der Waals surface area contributed by atoms with Crippen molar-refractivity contribution in [2.24, 2.45) is 0 Å². The molecule has 0 N–H and O–H groups in total. The first kappa shape index (κ1) is 19.7. The number of phosphoric acid groups is 1. The Hall–Kier alpha value is -1.33. The van der Waals surface area contributed by atoms with Crippen LogP contribution in [-0.2, 0) is 34.3 Å². The molecule has 0 aliphatic carbocycles. The zero-order chi connectivity index (χ0) is 17.3. The van der Waals surface area contributed by atoms with Crippen molar-refractivity contribution in [2.45, 2.75) is 27.4 Å². The van der Waals surface area contributed by atoms with E-state index >= 15 is 0 Å². The van der Waals surface area contributed by atoms with Gasteiger partial charge in [0.15, 0.2) is 0 Å². The van der Waals surface area contributed by atoms with Gasteiger partial charge in [0.25, 0.3) is 0 Å². The van der Waals surface area contributed by atoms with Gasteiger partial charge in [-0.15, -0.1) is 0 Å². The summed E-state index contributed by atoms with van der Waals surface area (Å²) in [6, 6.07) is 6.91. The molecule has 1 aromatic carbocycles. The van der Waals surface area contributed by atoms with Gasteiger partial charge in [-0.25, -0.2) is 9.36 Å². The fraction of sp³-hybridized carbons (Fsp3) is 0.400. The summed E-state index contributed by atoms with van der Waals surface area (Å²) < 4.78 is 32.3. The molecule has 1 rings (SSSR count). The highest BCUT2D eigenvalue weighted by atomic mass is 35.5. The Bertz CT molecular complexity index is 574. The summed E-state index contributed by atoms with van der Waals surface area (Å²) in [6.45, 7) is 5.20. The molecule has 0 heterocycles. The lowest BCUT2D eigenvalue weighted by Crippen LogP contribution is -2.04. The van der Waals surface area contributed by atoms with E-state index in [1.54, 1.807) is 38.1 Å². The summed E-state index contributed by atoms with van der Waals surface area (Å²) in [5.41, 5.74) is 0.795. The lowest BCUT2D eigenvalue weighted by Gasteiger charge is -2.17. The average Bonchev–Trinajstić information content (AvgIpc) is 2.46. The van der Waals surface area contributed by atoms with Gasteiger partial charge in [-0.2, -0.15) is 0 Å². The molecule has 8 heteroatoms. The van der Waals surface area contributed by atoms with Gasteiger partial charge in [0.05, 0.1) is 19.3 Å². The average molecular weight is 363 g/mol. The zero-order valence-corrected chi connectivity index (χ0v) is 14.9. The van der Waals surface area contributed by atoms with E-state index in [2.05, 4.69) is 0 Å². The number of rotatable bonds is 9. The second kappa shape index (κ2) is 9.73. The Morgan fingerprint density at radius 1 is 1.17 bits per heavy atom. The van der Waals surface area contributed by atoms with Crippen LogP contribution in [0.25, 0.3) is 0 Å². The molecule has 0 atom stereocenters. The molecule has 0 saturated heterocycles. The summed E-state index contributed by atoms with van der Waals surface area (Å²) in [5, 5.41) is 0.604. The molecule has 128 valence electrons. The minimum absolute atomic E-state index is 0.0799. The highest BCUT2D eigenvalue weighted by Crippen LogP contribution is 2.51. The van der Waals surface area contributed by atoms with Gasteiger partial charge in [-0.1, -0.05) is 23.7 Å². The minimum atomic E-state index is -3.70. The summed E-state index contributed by atoms with van der Waals surface area (Å²) in [6.07, 6.45) is 1.08. The molecular weight excluding hydrogens is 343 g/mol. The van der Waals surface area contributed by atoms with Crippen LogP contribution in [-0.4, -0.2) is 19.2 Å². The summed E-state index contributed by atoms with van der Waals surface area (Å²) in [4.78, 5) is 11.7. The molecule has 0 bridgehead atoms. The van der Waals surface area contributed by atoms with E-state index in [9.17, 15) is 9.36 Å². The first-order valence-electron chi connectivity index (χ1n) is 7.06. The van der Waals surface area contributed by atoms with E-state index in [4.69, 9.17) is 29.9 Å². The topological polar surface area (TPSA) is 71.1 Å². The molecule has 0 aliphatic heterocycles. The number of allylic oxidation sites excluding steroid dienone is 1. The maximum absolute atomic E-state index is 12.1. The van der Waals surface area contributed by atoms with Gasteiger partial charge in [0.2, 0.25) is 0 Å². The lowest BCUT2D eigenvalue weighted by atomic mass is 10.2. The van der Waals surface area contributed by atoms with Crippen molar-refractivity contribution in [3.63, 3.8) is 0 Å². The molecule has 1 aromatic rings. The molecule has 23 heavy (non-hydrogen) atoms. The Balaban J connectivity index is 2.57. The summed E-state index contributed by atoms with van der Waals surface area (Å²) in [7, 11) is -3.70. The van der Waals surface area contributed by atoms with Crippen LogP contribution >= 0.6 is 19.4 Å². The number of hydrogen-bond donors (Lipinski definition) is 0. The maximum Gasteiger partial charge on any atom is 0.529 e. The second-order valence-corrected chi connectivity index (χ2v) is 6.39. The predicted octanol–water partition coefficient (Wildman–Crippen LogP) is 4.48. The van der Waals surface area contributed by atoms with Crippen molar-refractivity contribution in [2.75, 3.05) is 13.2 Å². The zero-order valence-electron chi connectivity index (χ0n) is 13.3. The molecule has 0 aliphatic rings. The van der Waals surface area contributed by atoms with Crippen LogP contribution in [0.15, 0.2) is 36.1 Å². The van der Waals surface area contributed by atoms with Crippen LogP contribution in [0, 0.1) is 0 Å². The number of carbonyl (C=O) groups is 1. The third kappa shape index (κ3) is 7.66. The SMILES string of the molecule is CCOP(=O)(OCC)OC(C)=CC(=O)OCc1ccc(Cl)cc1. The van der Waals surface area contributed by atoms with Crippen LogP contribution in [0.1, 0.15) is 26.3 Å². The first-order chi connectivity index (χ1) is 10.9. The highest BCUT2D eigenvalue weighted by Gasteiger charge is 2.27. The standard InChI is InChI=1S/C15H20ClO6P/c1-4-20-23(18,21-5-2)22-12(3)10-15(17)19-11-13-6-8-14(16)9-7-13/h6-10H,4-5,11H2,1-3H3. The van der Waals surface area contributed by atoms with Gasteiger partial charge in [0, 0.05) is 5.02 Å². The van der Waals surface area contributed by atoms with E-state index in [1.165, 1.54) is 6.92 Å². The number of esters is 1. The maximum atomic E-state index is 12.1. The molecule has 0 spiro atoms. The highest BCUT2D eigenvalue weighted by molar-refractivity contribution is 7.48. The van der Waals surface area contributed by atoms with Crippen molar-refractivity contribution in [3.8, 4) is 0 Å². The quantitative estimate of drug-likeness (QED) is 0.279. The van der Waals surface area contributed by atoms with Crippen LogP contribution in [0.4, 0.5) is 0 Å². The number of ether oxygens (including phenoxy) is 1. The summed E-state index contributed by atoms with van der Waals surface area (Å²) >= 11 is 5.77. The number of hydrogen-bond acceptors (Lipinski definition) is 6. The van der Waals surface area contributed by atoms with Crippen LogP contribution in [0.5, 0.6) is 0 Å². The largest absolute Gasteiger partial charge is 0.529 e. The number of halogens is 1. The van der Waals surface area contributed by atoms with Crippen molar-refractivity contribution >= 4 is 25.4 Å². The van der Waals surface area contributed by atoms with Crippen LogP contribution in [0.2, 0.25) is 5.02 Å². The molecule has 0 radical (unpaired) electrons. The molecule has 6 nitrogen and oxygen atoms in total. The number of benzene rings is 1. The molecule has 0 fully saturated rings. The summed E-state index contributed by atoms with van der Waals surface area (Å²) in [5.74, 6) is -0.548. The minimum Gasteiger partial charge on any atom is -0.458 e. The smallest absolute Gasteiger partial charge is 0.458 e. The van der Waals surface area contributed by atoms with Crippen molar-refractivity contribution in [3.05, 3.63) is 46.7 Å². The predicted molar refractivity (Wildman–Crippen MR) is 86.9 cm³/mol. The van der Waals surface area contributed by atoms with Gasteiger partial charge < -0.3 is 9.26 Å². The van der Waals surface area contributed by atoms with Crippen LogP contribution < -0.4 is 0 Å². The lowest BCUT2D eigenvalue weighted by molar-refractivity contribution is -0.139. The third-order valence-electron chi connectivity index (χ3n) is 2.45. The second-order valence-electron chi connectivity index (χ2n) is 4.36. The van der Waals surface area contributed by atoms with E-state index in [0.29, 0.717) is 5.02 Å². The third-order valence-corrected chi connectivity index (χ3v) is 4.36. The Morgan fingerprint density at radius 2 is 1.74 bits per heavy atom. The monoisotopic (exact) mass is 362 g/mol. The van der Waals surface area contributed by atoms with E-state index in [-0.39, 0.29) is 25.6 Å². The Labute approximate surface area is 140 Å². The molecular formula is C15H20ClO6P. The fourth-order valence-electron chi connectivity index (χ4n) is 1.55. The van der Waals surface area contributed by atoms with E-state index < -0.39 is 13.8 Å². The van der Waals surface area contributed by atoms with Gasteiger partial charge in [-0.3, -0.25) is 9.05 Å². The van der Waals surface area contributed by atoms with E-state index in [1.807, 2.05) is 0 Å². The molecule has 0 unspecified atom stereocenters. The van der Waals surface area contributed by atoms with Crippen molar-refractivity contribution in [1.29, 1.82) is 0 Å². The van der Waals surface area contributed by atoms with Crippen molar-refractivity contribution < 1.29 is 27.7 Å². The molecule has 0 saturated carbocycles.